The van der Waals surface area contributed by atoms with Crippen molar-refractivity contribution in [3.8, 4) is 11.5 Å². The van der Waals surface area contributed by atoms with Crippen LogP contribution < -0.4 is 9.47 Å². The van der Waals surface area contributed by atoms with Gasteiger partial charge in [0.25, 0.3) is 0 Å². The fourth-order valence-corrected chi connectivity index (χ4v) is 4.18. The summed E-state index contributed by atoms with van der Waals surface area (Å²) in [5, 5.41) is 40.2. The van der Waals surface area contributed by atoms with Gasteiger partial charge in [-0.3, -0.25) is 0 Å². The van der Waals surface area contributed by atoms with Gasteiger partial charge in [-0.25, -0.2) is 0 Å². The lowest BCUT2D eigenvalue weighted by molar-refractivity contribution is -0.231. The summed E-state index contributed by atoms with van der Waals surface area (Å²) in [5.74, 6) is 1.66. The third kappa shape index (κ3) is 4.04. The molecule has 2 aromatic rings. The predicted molar refractivity (Wildman–Crippen MR) is 109 cm³/mol. The van der Waals surface area contributed by atoms with E-state index in [9.17, 15) is 20.4 Å². The molecule has 2 heterocycles. The molecule has 7 nitrogen and oxygen atoms in total. The highest BCUT2D eigenvalue weighted by atomic mass is 16.5. The SMILES string of the molecule is CCOc1ccc(Cc2cc(C3OC(CO)C(O)C(O)C3O)cc3c2OCC3)cc1. The lowest BCUT2D eigenvalue weighted by Crippen LogP contribution is -2.55. The minimum atomic E-state index is -1.40. The second kappa shape index (κ2) is 8.91. The molecule has 1 saturated heterocycles. The van der Waals surface area contributed by atoms with Crippen molar-refractivity contribution in [3.05, 3.63) is 58.7 Å². The van der Waals surface area contributed by atoms with E-state index in [1.807, 2.05) is 43.3 Å². The quantitative estimate of drug-likeness (QED) is 0.559. The summed E-state index contributed by atoms with van der Waals surface area (Å²) in [6, 6.07) is 11.7. The van der Waals surface area contributed by atoms with Gasteiger partial charge in [0.1, 0.15) is 42.0 Å². The highest BCUT2D eigenvalue weighted by Crippen LogP contribution is 2.39. The third-order valence-corrected chi connectivity index (χ3v) is 5.73. The largest absolute Gasteiger partial charge is 0.494 e. The van der Waals surface area contributed by atoms with Crippen molar-refractivity contribution in [1.82, 2.24) is 0 Å². The Balaban J connectivity index is 1.64. The Morgan fingerprint density at radius 2 is 1.80 bits per heavy atom. The lowest BCUT2D eigenvalue weighted by Gasteiger charge is -2.40. The molecule has 7 heteroatoms. The van der Waals surface area contributed by atoms with Crippen LogP contribution in [0.25, 0.3) is 0 Å². The monoisotopic (exact) mass is 416 g/mol. The number of hydrogen-bond acceptors (Lipinski definition) is 7. The molecular weight excluding hydrogens is 388 g/mol. The number of hydrogen-bond donors (Lipinski definition) is 4. The number of aliphatic hydroxyl groups excluding tert-OH is 4. The Kier molecular flexibility index (Phi) is 6.26. The molecule has 2 aliphatic heterocycles. The molecule has 2 aromatic carbocycles. The Morgan fingerprint density at radius 1 is 1.03 bits per heavy atom. The van der Waals surface area contributed by atoms with Crippen LogP contribution in [0.1, 0.15) is 35.3 Å². The van der Waals surface area contributed by atoms with E-state index in [1.54, 1.807) is 0 Å². The topological polar surface area (TPSA) is 109 Å². The van der Waals surface area contributed by atoms with Crippen molar-refractivity contribution < 1.29 is 34.6 Å². The van der Waals surface area contributed by atoms with Crippen LogP contribution in [0, 0.1) is 0 Å². The van der Waals surface area contributed by atoms with Gasteiger partial charge in [-0.15, -0.1) is 0 Å². The fourth-order valence-electron chi connectivity index (χ4n) is 4.18. The summed E-state index contributed by atoms with van der Waals surface area (Å²) in [6.45, 7) is 2.69. The number of fused-ring (bicyclic) bond motifs is 1. The highest BCUT2D eigenvalue weighted by Gasteiger charge is 2.44. The molecule has 0 spiro atoms. The summed E-state index contributed by atoms with van der Waals surface area (Å²) in [5.41, 5.74) is 3.76. The number of benzene rings is 2. The van der Waals surface area contributed by atoms with E-state index in [0.717, 1.165) is 34.6 Å². The van der Waals surface area contributed by atoms with Crippen LogP contribution in [0.3, 0.4) is 0 Å². The Bertz CT molecular complexity index is 865. The van der Waals surface area contributed by atoms with Crippen molar-refractivity contribution in [3.63, 3.8) is 0 Å². The van der Waals surface area contributed by atoms with Crippen LogP contribution in [0.15, 0.2) is 36.4 Å². The smallest absolute Gasteiger partial charge is 0.126 e. The van der Waals surface area contributed by atoms with Crippen molar-refractivity contribution in [2.45, 2.75) is 50.3 Å². The molecule has 4 N–H and O–H groups in total. The number of ether oxygens (including phenoxy) is 3. The Hall–Kier alpha value is -2.16. The van der Waals surface area contributed by atoms with E-state index in [0.29, 0.717) is 25.2 Å². The summed E-state index contributed by atoms with van der Waals surface area (Å²) in [6.07, 6.45) is -4.50. The minimum Gasteiger partial charge on any atom is -0.494 e. The number of aliphatic hydroxyl groups is 4. The molecule has 0 saturated carbocycles. The van der Waals surface area contributed by atoms with Crippen LogP contribution >= 0.6 is 0 Å². The van der Waals surface area contributed by atoms with E-state index in [2.05, 4.69) is 0 Å². The van der Waals surface area contributed by atoms with E-state index >= 15 is 0 Å². The lowest BCUT2D eigenvalue weighted by atomic mass is 9.88. The first kappa shape index (κ1) is 21.1. The molecule has 5 atom stereocenters. The number of rotatable bonds is 6. The summed E-state index contributed by atoms with van der Waals surface area (Å²) in [4.78, 5) is 0. The molecule has 0 amide bonds. The normalized spacial score (nSPS) is 28.1. The maximum Gasteiger partial charge on any atom is 0.126 e. The zero-order chi connectivity index (χ0) is 21.3. The molecule has 2 aliphatic rings. The first-order valence-electron chi connectivity index (χ1n) is 10.3. The van der Waals surface area contributed by atoms with Gasteiger partial charge in [-0.1, -0.05) is 12.1 Å². The molecule has 0 aliphatic carbocycles. The Labute approximate surface area is 175 Å². The van der Waals surface area contributed by atoms with E-state index in [1.165, 1.54) is 0 Å². The molecule has 30 heavy (non-hydrogen) atoms. The second-order valence-corrected chi connectivity index (χ2v) is 7.77. The van der Waals surface area contributed by atoms with Gasteiger partial charge in [0, 0.05) is 12.8 Å². The third-order valence-electron chi connectivity index (χ3n) is 5.73. The van der Waals surface area contributed by atoms with Crippen LogP contribution in [-0.2, 0) is 17.6 Å². The second-order valence-electron chi connectivity index (χ2n) is 7.77. The fraction of sp³-hybridized carbons (Fsp3) is 0.478. The average Bonchev–Trinajstić information content (AvgIpc) is 3.23. The molecule has 5 unspecified atom stereocenters. The zero-order valence-corrected chi connectivity index (χ0v) is 16.9. The molecule has 0 radical (unpaired) electrons. The van der Waals surface area contributed by atoms with E-state index < -0.39 is 37.1 Å². The van der Waals surface area contributed by atoms with Gasteiger partial charge in [-0.05, 0) is 53.4 Å². The van der Waals surface area contributed by atoms with Crippen molar-refractivity contribution in [2.75, 3.05) is 19.8 Å². The Morgan fingerprint density at radius 3 is 2.50 bits per heavy atom. The minimum absolute atomic E-state index is 0.450. The summed E-state index contributed by atoms with van der Waals surface area (Å²) in [7, 11) is 0. The van der Waals surface area contributed by atoms with Gasteiger partial charge in [-0.2, -0.15) is 0 Å². The summed E-state index contributed by atoms with van der Waals surface area (Å²) >= 11 is 0. The standard InChI is InChI=1S/C23H28O7/c1-2-28-17-5-3-13(4-6-17)9-15-11-16(10-14-7-8-29-22(14)15)23-21(27)20(26)19(25)18(12-24)30-23/h3-6,10-11,18-21,23-27H,2,7-9,12H2,1H3. The molecule has 0 aromatic heterocycles. The maximum absolute atomic E-state index is 10.5. The van der Waals surface area contributed by atoms with Crippen molar-refractivity contribution in [1.29, 1.82) is 0 Å². The van der Waals surface area contributed by atoms with Gasteiger partial charge >= 0.3 is 0 Å². The van der Waals surface area contributed by atoms with Crippen molar-refractivity contribution >= 4 is 0 Å². The molecular formula is C23H28O7. The highest BCUT2D eigenvalue weighted by molar-refractivity contribution is 5.50. The van der Waals surface area contributed by atoms with Crippen molar-refractivity contribution in [2.24, 2.45) is 0 Å². The molecule has 162 valence electrons. The van der Waals surface area contributed by atoms with Gasteiger partial charge in [0.15, 0.2) is 0 Å². The molecule has 1 fully saturated rings. The first-order valence-corrected chi connectivity index (χ1v) is 10.3. The van der Waals surface area contributed by atoms with E-state index in [-0.39, 0.29) is 0 Å². The van der Waals surface area contributed by atoms with Crippen LogP contribution in [0.4, 0.5) is 0 Å². The average molecular weight is 416 g/mol. The predicted octanol–water partition coefficient (Wildman–Crippen LogP) is 1.13. The van der Waals surface area contributed by atoms with Crippen LogP contribution in [-0.4, -0.2) is 64.7 Å². The first-order chi connectivity index (χ1) is 14.5. The zero-order valence-electron chi connectivity index (χ0n) is 16.9. The summed E-state index contributed by atoms with van der Waals surface area (Å²) < 4.78 is 17.1. The maximum atomic E-state index is 10.5. The molecule has 0 bridgehead atoms. The van der Waals surface area contributed by atoms with Gasteiger partial charge in [0.2, 0.25) is 0 Å². The molecule has 4 rings (SSSR count). The van der Waals surface area contributed by atoms with Crippen LogP contribution in [0.5, 0.6) is 11.5 Å². The van der Waals surface area contributed by atoms with Crippen LogP contribution in [0.2, 0.25) is 0 Å². The van der Waals surface area contributed by atoms with Gasteiger partial charge < -0.3 is 34.6 Å². The van der Waals surface area contributed by atoms with E-state index in [4.69, 9.17) is 14.2 Å². The van der Waals surface area contributed by atoms with Gasteiger partial charge in [0.05, 0.1) is 19.8 Å².